The maximum absolute atomic E-state index is 10.8. The first-order valence-electron chi connectivity index (χ1n) is 4.40. The lowest BCUT2D eigenvalue weighted by Crippen LogP contribution is -2.40. The van der Waals surface area contributed by atoms with Gasteiger partial charge in [-0.15, -0.1) is 0 Å². The zero-order valence-electron chi connectivity index (χ0n) is 6.64. The number of carboxylic acid groups (broad SMARTS) is 1. The highest BCUT2D eigenvalue weighted by atomic mass is 16.5. The molecule has 0 unspecified atom stereocenters. The lowest BCUT2D eigenvalue weighted by molar-refractivity contribution is -0.142. The molecule has 3 aliphatic heterocycles. The van der Waals surface area contributed by atoms with Gasteiger partial charge in [-0.1, -0.05) is 0 Å². The van der Waals surface area contributed by atoms with Crippen molar-refractivity contribution in [2.75, 3.05) is 6.54 Å². The highest BCUT2D eigenvalue weighted by molar-refractivity contribution is 5.74. The number of nitrogens with zero attached hydrogens (tertiary/aromatic N) is 1. The van der Waals surface area contributed by atoms with Crippen molar-refractivity contribution in [1.29, 1.82) is 0 Å². The Kier molecular flexibility index (Phi) is 1.14. The van der Waals surface area contributed by atoms with Gasteiger partial charge in [-0.2, -0.15) is 0 Å². The number of hydrogen-bond donors (Lipinski definition) is 1. The highest BCUT2D eigenvalue weighted by Crippen LogP contribution is 2.42. The van der Waals surface area contributed by atoms with Crippen molar-refractivity contribution in [2.24, 2.45) is 0 Å². The largest absolute Gasteiger partial charge is 0.480 e. The molecule has 3 saturated heterocycles. The minimum Gasteiger partial charge on any atom is -0.480 e. The molecule has 0 aromatic carbocycles. The molecule has 0 aromatic rings. The number of hydrogen-bond acceptors (Lipinski definition) is 3. The van der Waals surface area contributed by atoms with Crippen LogP contribution in [0.2, 0.25) is 0 Å². The van der Waals surface area contributed by atoms with Gasteiger partial charge < -0.3 is 9.84 Å². The Morgan fingerprint density at radius 3 is 2.92 bits per heavy atom. The van der Waals surface area contributed by atoms with E-state index in [0.29, 0.717) is 18.6 Å². The van der Waals surface area contributed by atoms with Gasteiger partial charge in [-0.3, -0.25) is 9.69 Å². The van der Waals surface area contributed by atoms with Gasteiger partial charge in [0.1, 0.15) is 6.04 Å². The number of rotatable bonds is 1. The molecule has 4 heteroatoms. The zero-order valence-corrected chi connectivity index (χ0v) is 6.64. The second-order valence-corrected chi connectivity index (χ2v) is 3.89. The maximum Gasteiger partial charge on any atom is 0.321 e. The van der Waals surface area contributed by atoms with Crippen molar-refractivity contribution >= 4 is 5.97 Å². The molecule has 2 bridgehead atoms. The topological polar surface area (TPSA) is 49.8 Å². The SMILES string of the molecule is O=C(O)[C@@H]1C[C@H]2O[C@@H]3C[C@H]2N1C3. The van der Waals surface area contributed by atoms with Gasteiger partial charge >= 0.3 is 5.97 Å². The normalized spacial score (nSPS) is 50.3. The third-order valence-electron chi connectivity index (χ3n) is 3.28. The summed E-state index contributed by atoms with van der Waals surface area (Å²) in [7, 11) is 0. The number of ether oxygens (including phenoxy) is 1. The van der Waals surface area contributed by atoms with Crippen LogP contribution in [0.25, 0.3) is 0 Å². The highest BCUT2D eigenvalue weighted by Gasteiger charge is 2.56. The number of morpholine rings is 1. The first-order valence-corrected chi connectivity index (χ1v) is 4.40. The number of carboxylic acids is 1. The second kappa shape index (κ2) is 2.00. The summed E-state index contributed by atoms with van der Waals surface area (Å²) in [6.07, 6.45) is 2.28. The predicted molar refractivity (Wildman–Crippen MR) is 39.8 cm³/mol. The van der Waals surface area contributed by atoms with Gasteiger partial charge in [-0.25, -0.2) is 0 Å². The first-order chi connectivity index (χ1) is 5.75. The van der Waals surface area contributed by atoms with Crippen LogP contribution in [0, 0.1) is 0 Å². The molecule has 3 fully saturated rings. The van der Waals surface area contributed by atoms with Crippen LogP contribution in [0.15, 0.2) is 0 Å². The summed E-state index contributed by atoms with van der Waals surface area (Å²) in [4.78, 5) is 12.9. The van der Waals surface area contributed by atoms with Crippen molar-refractivity contribution < 1.29 is 14.6 Å². The standard InChI is InChI=1S/C8H11NO3/c10-8(11)6-2-7-5-1-4(12-7)3-9(5)6/h4-7H,1-3H2,(H,10,11)/t4-,5-,6+,7-/m1/s1. The summed E-state index contributed by atoms with van der Waals surface area (Å²) in [5.74, 6) is -0.686. The van der Waals surface area contributed by atoms with Crippen molar-refractivity contribution in [3.05, 3.63) is 0 Å². The minimum absolute atomic E-state index is 0.213. The van der Waals surface area contributed by atoms with E-state index in [1.165, 1.54) is 0 Å². The molecule has 66 valence electrons. The average Bonchev–Trinajstić information content (AvgIpc) is 2.55. The van der Waals surface area contributed by atoms with Crippen molar-refractivity contribution in [3.8, 4) is 0 Å². The molecule has 0 spiro atoms. The molecule has 1 N–H and O–H groups in total. The Bertz CT molecular complexity index is 240. The molecule has 4 nitrogen and oxygen atoms in total. The minimum atomic E-state index is -0.686. The summed E-state index contributed by atoms with van der Waals surface area (Å²) in [5.41, 5.74) is 0. The van der Waals surface area contributed by atoms with E-state index in [4.69, 9.17) is 9.84 Å². The Hall–Kier alpha value is -0.610. The van der Waals surface area contributed by atoms with Crippen LogP contribution < -0.4 is 0 Å². The summed E-state index contributed by atoms with van der Waals surface area (Å²) < 4.78 is 5.63. The maximum atomic E-state index is 10.8. The van der Waals surface area contributed by atoms with E-state index in [9.17, 15) is 4.79 Å². The quantitative estimate of drug-likeness (QED) is 0.584. The Morgan fingerprint density at radius 1 is 1.50 bits per heavy atom. The molecule has 0 aromatic heterocycles. The molecular formula is C8H11NO3. The molecule has 0 amide bonds. The molecule has 3 rings (SSSR count). The third kappa shape index (κ3) is 0.671. The van der Waals surface area contributed by atoms with Crippen LogP contribution >= 0.6 is 0 Å². The monoisotopic (exact) mass is 169 g/mol. The fraction of sp³-hybridized carbons (Fsp3) is 0.875. The van der Waals surface area contributed by atoms with Crippen molar-refractivity contribution in [2.45, 2.75) is 37.1 Å². The molecule has 0 radical (unpaired) electrons. The Morgan fingerprint density at radius 2 is 2.33 bits per heavy atom. The lowest BCUT2D eigenvalue weighted by atomic mass is 10.1. The molecule has 0 aliphatic carbocycles. The van der Waals surface area contributed by atoms with Crippen LogP contribution in [0.5, 0.6) is 0 Å². The summed E-state index contributed by atoms with van der Waals surface area (Å²) in [5, 5.41) is 8.90. The Labute approximate surface area is 70.1 Å². The molecule has 4 atom stereocenters. The van der Waals surface area contributed by atoms with E-state index < -0.39 is 5.97 Å². The number of carbonyl (C=O) groups is 1. The number of fused-ring (bicyclic) bond motifs is 1. The van der Waals surface area contributed by atoms with Crippen LogP contribution in [0.3, 0.4) is 0 Å². The molecule has 0 saturated carbocycles. The number of aliphatic carboxylic acids is 1. The summed E-state index contributed by atoms with van der Waals surface area (Å²) in [6, 6.07) is 0.142. The van der Waals surface area contributed by atoms with Gasteiger partial charge in [0.2, 0.25) is 0 Å². The van der Waals surface area contributed by atoms with Crippen molar-refractivity contribution in [1.82, 2.24) is 4.90 Å². The first kappa shape index (κ1) is 6.86. The zero-order chi connectivity index (χ0) is 8.29. The van der Waals surface area contributed by atoms with Crippen molar-refractivity contribution in [3.63, 3.8) is 0 Å². The average molecular weight is 169 g/mol. The van der Waals surface area contributed by atoms with Crippen LogP contribution in [0.1, 0.15) is 12.8 Å². The predicted octanol–water partition coefficient (Wildman–Crippen LogP) is -0.315. The van der Waals surface area contributed by atoms with E-state index in [1.54, 1.807) is 0 Å². The van der Waals surface area contributed by atoms with E-state index in [2.05, 4.69) is 4.90 Å². The fourth-order valence-corrected chi connectivity index (χ4v) is 2.82. The molecule has 12 heavy (non-hydrogen) atoms. The second-order valence-electron chi connectivity index (χ2n) is 3.89. The third-order valence-corrected chi connectivity index (χ3v) is 3.28. The summed E-state index contributed by atoms with van der Waals surface area (Å²) >= 11 is 0. The van der Waals surface area contributed by atoms with Crippen LogP contribution in [0.4, 0.5) is 0 Å². The van der Waals surface area contributed by atoms with Gasteiger partial charge in [0.25, 0.3) is 0 Å². The smallest absolute Gasteiger partial charge is 0.321 e. The van der Waals surface area contributed by atoms with Gasteiger partial charge in [0, 0.05) is 19.0 Å². The van der Waals surface area contributed by atoms with E-state index >= 15 is 0 Å². The van der Waals surface area contributed by atoms with E-state index in [0.717, 1.165) is 13.0 Å². The lowest BCUT2D eigenvalue weighted by Gasteiger charge is -2.23. The van der Waals surface area contributed by atoms with Crippen LogP contribution in [-0.4, -0.2) is 46.8 Å². The van der Waals surface area contributed by atoms with E-state index in [1.807, 2.05) is 0 Å². The van der Waals surface area contributed by atoms with E-state index in [-0.39, 0.29) is 12.1 Å². The summed E-state index contributed by atoms with van der Waals surface area (Å²) in [6.45, 7) is 0.831. The van der Waals surface area contributed by atoms with Crippen LogP contribution in [-0.2, 0) is 9.53 Å². The van der Waals surface area contributed by atoms with Gasteiger partial charge in [-0.05, 0) is 6.42 Å². The van der Waals surface area contributed by atoms with Gasteiger partial charge in [0.15, 0.2) is 0 Å². The molecule has 3 heterocycles. The molecule has 3 aliphatic rings. The molecular weight excluding hydrogens is 158 g/mol. The Balaban J connectivity index is 1.91. The fourth-order valence-electron chi connectivity index (χ4n) is 2.82. The van der Waals surface area contributed by atoms with Gasteiger partial charge in [0.05, 0.1) is 12.2 Å².